The molecule has 0 radical (unpaired) electrons. The number of hydrogen-bond acceptors (Lipinski definition) is 4. The van der Waals surface area contributed by atoms with Crippen molar-refractivity contribution in [2.75, 3.05) is 12.4 Å². The summed E-state index contributed by atoms with van der Waals surface area (Å²) in [4.78, 5) is 27.0. The van der Waals surface area contributed by atoms with Crippen LogP contribution in [-0.2, 0) is 16.0 Å². The lowest BCUT2D eigenvalue weighted by Crippen LogP contribution is -2.16. The van der Waals surface area contributed by atoms with Gasteiger partial charge < -0.3 is 10.1 Å². The van der Waals surface area contributed by atoms with Crippen LogP contribution in [0.3, 0.4) is 0 Å². The predicted octanol–water partition coefficient (Wildman–Crippen LogP) is 2.19. The van der Waals surface area contributed by atoms with Gasteiger partial charge in [0.25, 0.3) is 5.91 Å². The summed E-state index contributed by atoms with van der Waals surface area (Å²) in [5.74, 6) is -1.74. The molecular weight excluding hydrogens is 275 g/mol. The number of nitrogens with zero attached hydrogens (tertiary/aromatic N) is 1. The zero-order chi connectivity index (χ0) is 15.2. The maximum Gasteiger partial charge on any atom is 0.310 e. The number of halogens is 1. The van der Waals surface area contributed by atoms with Crippen molar-refractivity contribution >= 4 is 17.6 Å². The topological polar surface area (TPSA) is 68.3 Å². The average Bonchev–Trinajstić information content (AvgIpc) is 2.49. The Bertz CT molecular complexity index is 673. The third-order valence-corrected chi connectivity index (χ3v) is 2.85. The van der Waals surface area contributed by atoms with Gasteiger partial charge in [0.15, 0.2) is 5.82 Å². The summed E-state index contributed by atoms with van der Waals surface area (Å²) in [6.45, 7) is 0. The van der Waals surface area contributed by atoms with Crippen molar-refractivity contribution in [3.8, 4) is 0 Å². The standard InChI is InChI=1S/C15H13FN2O3/c1-21-14(19)8-10-4-2-3-5-13(10)18-15(20)11-6-7-17-9-12(11)16/h2-7,9H,8H2,1H3,(H,18,20). The zero-order valence-electron chi connectivity index (χ0n) is 11.3. The number of methoxy groups -OCH3 is 1. The zero-order valence-corrected chi connectivity index (χ0v) is 11.3. The molecule has 2 aromatic rings. The third kappa shape index (κ3) is 3.62. The number of anilines is 1. The van der Waals surface area contributed by atoms with Gasteiger partial charge in [-0.25, -0.2) is 4.39 Å². The fourth-order valence-electron chi connectivity index (χ4n) is 1.77. The number of aromatic nitrogens is 1. The SMILES string of the molecule is COC(=O)Cc1ccccc1NC(=O)c1ccncc1F. The number of pyridine rings is 1. The fourth-order valence-corrected chi connectivity index (χ4v) is 1.77. The Hall–Kier alpha value is -2.76. The molecule has 0 atom stereocenters. The first-order valence-electron chi connectivity index (χ1n) is 6.17. The molecule has 21 heavy (non-hydrogen) atoms. The second kappa shape index (κ2) is 6.60. The van der Waals surface area contributed by atoms with E-state index in [4.69, 9.17) is 0 Å². The van der Waals surface area contributed by atoms with Crippen molar-refractivity contribution in [3.63, 3.8) is 0 Å². The minimum absolute atomic E-state index is 0.0196. The van der Waals surface area contributed by atoms with Crippen LogP contribution in [0.15, 0.2) is 42.7 Å². The Kier molecular flexibility index (Phi) is 4.61. The Morgan fingerprint density at radius 2 is 2.05 bits per heavy atom. The number of carbonyl (C=O) groups excluding carboxylic acids is 2. The molecule has 1 N–H and O–H groups in total. The third-order valence-electron chi connectivity index (χ3n) is 2.85. The van der Waals surface area contributed by atoms with E-state index < -0.39 is 17.7 Å². The number of amides is 1. The summed E-state index contributed by atoms with van der Waals surface area (Å²) in [7, 11) is 1.29. The smallest absolute Gasteiger partial charge is 0.310 e. The molecular formula is C15H13FN2O3. The Morgan fingerprint density at radius 1 is 1.29 bits per heavy atom. The highest BCUT2D eigenvalue weighted by Gasteiger charge is 2.14. The van der Waals surface area contributed by atoms with E-state index in [9.17, 15) is 14.0 Å². The van der Waals surface area contributed by atoms with Gasteiger partial charge in [0.05, 0.1) is 25.3 Å². The van der Waals surface area contributed by atoms with Gasteiger partial charge in [0, 0.05) is 11.9 Å². The molecule has 0 spiro atoms. The summed E-state index contributed by atoms with van der Waals surface area (Å²) in [5.41, 5.74) is 0.911. The first-order chi connectivity index (χ1) is 10.1. The van der Waals surface area contributed by atoms with Crippen LogP contribution < -0.4 is 5.32 Å². The highest BCUT2D eigenvalue weighted by molar-refractivity contribution is 6.05. The van der Waals surface area contributed by atoms with Crippen molar-refractivity contribution in [2.24, 2.45) is 0 Å². The van der Waals surface area contributed by atoms with Gasteiger partial charge in [0.1, 0.15) is 0 Å². The fraction of sp³-hybridized carbons (Fsp3) is 0.133. The molecule has 0 saturated carbocycles. The molecule has 1 amide bonds. The van der Waals surface area contributed by atoms with E-state index in [-0.39, 0.29) is 12.0 Å². The van der Waals surface area contributed by atoms with E-state index in [1.807, 2.05) is 0 Å². The second-order valence-corrected chi connectivity index (χ2v) is 4.22. The summed E-state index contributed by atoms with van der Waals surface area (Å²) in [6, 6.07) is 8.05. The van der Waals surface area contributed by atoms with E-state index in [0.29, 0.717) is 11.3 Å². The summed E-state index contributed by atoms with van der Waals surface area (Å²) >= 11 is 0. The Labute approximate surface area is 120 Å². The highest BCUT2D eigenvalue weighted by Crippen LogP contribution is 2.18. The van der Waals surface area contributed by atoms with Crippen LogP contribution in [0.1, 0.15) is 15.9 Å². The highest BCUT2D eigenvalue weighted by atomic mass is 19.1. The van der Waals surface area contributed by atoms with Crippen LogP contribution >= 0.6 is 0 Å². The number of nitrogens with one attached hydrogen (secondary N) is 1. The maximum absolute atomic E-state index is 13.5. The molecule has 1 aromatic carbocycles. The molecule has 1 aromatic heterocycles. The lowest BCUT2D eigenvalue weighted by atomic mass is 10.1. The molecule has 0 aliphatic heterocycles. The van der Waals surface area contributed by atoms with Crippen LogP contribution in [0.5, 0.6) is 0 Å². The van der Waals surface area contributed by atoms with Gasteiger partial charge in [-0.2, -0.15) is 0 Å². The van der Waals surface area contributed by atoms with Crippen molar-refractivity contribution in [2.45, 2.75) is 6.42 Å². The number of rotatable bonds is 4. The van der Waals surface area contributed by atoms with Crippen molar-refractivity contribution in [1.29, 1.82) is 0 Å². The van der Waals surface area contributed by atoms with E-state index >= 15 is 0 Å². The first-order valence-corrected chi connectivity index (χ1v) is 6.17. The number of benzene rings is 1. The van der Waals surface area contributed by atoms with Crippen molar-refractivity contribution < 1.29 is 18.7 Å². The number of hydrogen-bond donors (Lipinski definition) is 1. The van der Waals surface area contributed by atoms with Gasteiger partial charge >= 0.3 is 5.97 Å². The molecule has 0 aliphatic rings. The lowest BCUT2D eigenvalue weighted by Gasteiger charge is -2.10. The average molecular weight is 288 g/mol. The number of para-hydroxylation sites is 1. The number of esters is 1. The van der Waals surface area contributed by atoms with E-state index in [1.165, 1.54) is 19.4 Å². The molecule has 0 unspecified atom stereocenters. The Balaban J connectivity index is 2.22. The summed E-state index contributed by atoms with van der Waals surface area (Å²) in [6.07, 6.45) is 2.32. The van der Waals surface area contributed by atoms with Crippen molar-refractivity contribution in [3.05, 3.63) is 59.7 Å². The molecule has 0 aliphatic carbocycles. The van der Waals surface area contributed by atoms with Gasteiger partial charge in [0.2, 0.25) is 0 Å². The summed E-state index contributed by atoms with van der Waals surface area (Å²) < 4.78 is 18.1. The monoisotopic (exact) mass is 288 g/mol. The number of ether oxygens (including phenoxy) is 1. The molecule has 0 saturated heterocycles. The quantitative estimate of drug-likeness (QED) is 0.876. The molecule has 0 fully saturated rings. The van der Waals surface area contributed by atoms with Gasteiger partial charge in [-0.15, -0.1) is 0 Å². The normalized spacial score (nSPS) is 10.0. The molecule has 0 bridgehead atoms. The van der Waals surface area contributed by atoms with Crippen LogP contribution in [-0.4, -0.2) is 24.0 Å². The largest absolute Gasteiger partial charge is 0.469 e. The lowest BCUT2D eigenvalue weighted by molar-refractivity contribution is -0.139. The molecule has 2 rings (SSSR count). The van der Waals surface area contributed by atoms with Crippen LogP contribution in [0, 0.1) is 5.82 Å². The second-order valence-electron chi connectivity index (χ2n) is 4.22. The van der Waals surface area contributed by atoms with Crippen LogP contribution in [0.2, 0.25) is 0 Å². The van der Waals surface area contributed by atoms with Crippen molar-refractivity contribution in [1.82, 2.24) is 4.98 Å². The predicted molar refractivity (Wildman–Crippen MR) is 74.3 cm³/mol. The van der Waals surface area contributed by atoms with Crippen LogP contribution in [0.4, 0.5) is 10.1 Å². The molecule has 1 heterocycles. The van der Waals surface area contributed by atoms with Gasteiger partial charge in [-0.1, -0.05) is 18.2 Å². The van der Waals surface area contributed by atoms with E-state index in [2.05, 4.69) is 15.0 Å². The minimum atomic E-state index is -0.708. The van der Waals surface area contributed by atoms with Gasteiger partial charge in [-0.05, 0) is 17.7 Å². The minimum Gasteiger partial charge on any atom is -0.469 e. The van der Waals surface area contributed by atoms with E-state index in [1.54, 1.807) is 24.3 Å². The van der Waals surface area contributed by atoms with E-state index in [0.717, 1.165) is 6.20 Å². The Morgan fingerprint density at radius 3 is 2.76 bits per heavy atom. The van der Waals surface area contributed by atoms with Gasteiger partial charge in [-0.3, -0.25) is 14.6 Å². The van der Waals surface area contributed by atoms with Crippen LogP contribution in [0.25, 0.3) is 0 Å². The first kappa shape index (κ1) is 14.6. The maximum atomic E-state index is 13.5. The molecule has 5 nitrogen and oxygen atoms in total. The molecule has 108 valence electrons. The number of carbonyl (C=O) groups is 2. The summed E-state index contributed by atoms with van der Waals surface area (Å²) in [5, 5.41) is 2.58. The molecule has 6 heteroatoms.